The second kappa shape index (κ2) is 4.54. The van der Waals surface area contributed by atoms with Crippen molar-refractivity contribution in [1.82, 2.24) is 4.90 Å². The molecule has 0 radical (unpaired) electrons. The van der Waals surface area contributed by atoms with Gasteiger partial charge in [0.15, 0.2) is 0 Å². The van der Waals surface area contributed by atoms with Gasteiger partial charge in [-0.2, -0.15) is 13.2 Å². The van der Waals surface area contributed by atoms with Crippen molar-refractivity contribution in [2.75, 3.05) is 13.1 Å². The summed E-state index contributed by atoms with van der Waals surface area (Å²) in [6, 6.07) is 0. The average Bonchev–Trinajstić information content (AvgIpc) is 2.14. The number of halogens is 3. The molecular weight excluding hydrogens is 239 g/mol. The van der Waals surface area contributed by atoms with Gasteiger partial charge in [0.2, 0.25) is 0 Å². The van der Waals surface area contributed by atoms with Gasteiger partial charge in [0, 0.05) is 13.1 Å². The number of piperidine rings is 1. The molecule has 0 aromatic rings. The third-order valence-corrected chi connectivity index (χ3v) is 3.08. The van der Waals surface area contributed by atoms with Crippen LogP contribution in [0.3, 0.4) is 0 Å². The average molecular weight is 253 g/mol. The third-order valence-electron chi connectivity index (χ3n) is 3.08. The highest BCUT2D eigenvalue weighted by Crippen LogP contribution is 2.35. The number of alkyl halides is 3. The van der Waals surface area contributed by atoms with E-state index in [0.717, 1.165) is 4.90 Å². The number of carbonyl (C=O) groups is 2. The Hall–Kier alpha value is -1.27. The molecule has 1 aliphatic rings. The van der Waals surface area contributed by atoms with Gasteiger partial charge in [-0.3, -0.25) is 9.59 Å². The van der Waals surface area contributed by atoms with E-state index in [1.54, 1.807) is 6.92 Å². The predicted octanol–water partition coefficient (Wildman–Crippen LogP) is 1.65. The van der Waals surface area contributed by atoms with Crippen LogP contribution in [0.15, 0.2) is 0 Å². The Bertz CT molecular complexity index is 319. The lowest BCUT2D eigenvalue weighted by Crippen LogP contribution is -2.47. The lowest BCUT2D eigenvalue weighted by Gasteiger charge is -2.38. The molecule has 0 saturated carbocycles. The highest BCUT2D eigenvalue weighted by molar-refractivity contribution is 5.82. The van der Waals surface area contributed by atoms with Gasteiger partial charge in [-0.05, 0) is 18.3 Å². The molecule has 0 aliphatic carbocycles. The topological polar surface area (TPSA) is 57.6 Å². The summed E-state index contributed by atoms with van der Waals surface area (Å²) in [6.07, 6.45) is -4.37. The Morgan fingerprint density at radius 1 is 1.29 bits per heavy atom. The minimum absolute atomic E-state index is 0.0396. The molecule has 7 heteroatoms. The molecule has 1 N–H and O–H groups in total. The molecule has 0 atom stereocenters. The molecule has 1 amide bonds. The zero-order valence-corrected chi connectivity index (χ0v) is 9.38. The number of hydrogen-bond acceptors (Lipinski definition) is 2. The van der Waals surface area contributed by atoms with Crippen molar-refractivity contribution in [3.8, 4) is 0 Å². The van der Waals surface area contributed by atoms with Gasteiger partial charge in [-0.25, -0.2) is 0 Å². The van der Waals surface area contributed by atoms with Gasteiger partial charge in [-0.1, -0.05) is 6.92 Å². The highest BCUT2D eigenvalue weighted by Gasteiger charge is 2.44. The molecule has 1 rings (SSSR count). The summed E-state index contributed by atoms with van der Waals surface area (Å²) in [5.41, 5.74) is -0.520. The van der Waals surface area contributed by atoms with E-state index in [1.807, 2.05) is 0 Å². The van der Waals surface area contributed by atoms with Crippen molar-refractivity contribution in [2.24, 2.45) is 5.41 Å². The Morgan fingerprint density at radius 2 is 1.76 bits per heavy atom. The van der Waals surface area contributed by atoms with Crippen LogP contribution in [-0.4, -0.2) is 41.1 Å². The van der Waals surface area contributed by atoms with Gasteiger partial charge in [-0.15, -0.1) is 0 Å². The Kier molecular flexibility index (Phi) is 3.68. The van der Waals surface area contributed by atoms with E-state index < -0.39 is 23.5 Å². The van der Waals surface area contributed by atoms with Gasteiger partial charge in [0.1, 0.15) is 0 Å². The summed E-state index contributed by atoms with van der Waals surface area (Å²) in [6.45, 7) is 1.64. The minimum Gasteiger partial charge on any atom is -0.481 e. The maximum atomic E-state index is 12.2. The van der Waals surface area contributed by atoms with Crippen LogP contribution in [-0.2, 0) is 9.59 Å². The van der Waals surface area contributed by atoms with Crippen LogP contribution >= 0.6 is 0 Å². The highest BCUT2D eigenvalue weighted by atomic mass is 19.4. The Balaban J connectivity index is 2.57. The number of likely N-dealkylation sites (tertiary alicyclic amines) is 1. The first-order chi connectivity index (χ1) is 7.64. The minimum atomic E-state index is -4.85. The lowest BCUT2D eigenvalue weighted by molar-refractivity contribution is -0.187. The van der Waals surface area contributed by atoms with E-state index in [2.05, 4.69) is 0 Å². The summed E-state index contributed by atoms with van der Waals surface area (Å²) in [5, 5.41) is 8.67. The van der Waals surface area contributed by atoms with Crippen molar-refractivity contribution in [1.29, 1.82) is 0 Å². The molecule has 98 valence electrons. The van der Waals surface area contributed by atoms with Crippen LogP contribution in [0, 0.1) is 5.41 Å². The fourth-order valence-corrected chi connectivity index (χ4v) is 1.97. The van der Waals surface area contributed by atoms with E-state index in [-0.39, 0.29) is 32.4 Å². The maximum Gasteiger partial charge on any atom is 0.471 e. The quantitative estimate of drug-likeness (QED) is 0.814. The second-order valence-corrected chi connectivity index (χ2v) is 4.67. The molecule has 0 spiro atoms. The Morgan fingerprint density at radius 3 is 2.12 bits per heavy atom. The first kappa shape index (κ1) is 13.8. The summed E-state index contributed by atoms with van der Waals surface area (Å²) < 4.78 is 36.5. The number of nitrogens with zero attached hydrogens (tertiary/aromatic N) is 1. The van der Waals surface area contributed by atoms with E-state index in [0.29, 0.717) is 0 Å². The van der Waals surface area contributed by atoms with Crippen molar-refractivity contribution in [3.05, 3.63) is 0 Å². The van der Waals surface area contributed by atoms with Gasteiger partial charge >= 0.3 is 18.1 Å². The molecule has 1 saturated heterocycles. The standard InChI is InChI=1S/C10H14F3NO3/c1-9(6-7(15)16)2-4-14(5-3-9)8(17)10(11,12)13/h2-6H2,1H3,(H,15,16). The molecule has 1 aliphatic heterocycles. The summed E-state index contributed by atoms with van der Waals surface area (Å²) >= 11 is 0. The number of carboxylic acids is 1. The summed E-state index contributed by atoms with van der Waals surface area (Å²) in [5.74, 6) is -2.81. The summed E-state index contributed by atoms with van der Waals surface area (Å²) in [4.78, 5) is 22.3. The van der Waals surface area contributed by atoms with Crippen LogP contribution in [0.5, 0.6) is 0 Å². The van der Waals surface area contributed by atoms with Crippen LogP contribution < -0.4 is 0 Å². The van der Waals surface area contributed by atoms with E-state index >= 15 is 0 Å². The molecule has 4 nitrogen and oxygen atoms in total. The van der Waals surface area contributed by atoms with Crippen LogP contribution in [0.1, 0.15) is 26.2 Å². The molecule has 0 aromatic carbocycles. The smallest absolute Gasteiger partial charge is 0.471 e. The zero-order chi connectivity index (χ0) is 13.3. The number of carbonyl (C=O) groups excluding carboxylic acids is 1. The van der Waals surface area contributed by atoms with Crippen molar-refractivity contribution in [3.63, 3.8) is 0 Å². The molecule has 0 aromatic heterocycles. The van der Waals surface area contributed by atoms with Crippen LogP contribution in [0.4, 0.5) is 13.2 Å². The molecule has 0 bridgehead atoms. The lowest BCUT2D eigenvalue weighted by atomic mass is 9.77. The molecule has 1 heterocycles. The molecule has 17 heavy (non-hydrogen) atoms. The number of rotatable bonds is 2. The predicted molar refractivity (Wildman–Crippen MR) is 52.2 cm³/mol. The maximum absolute atomic E-state index is 12.2. The van der Waals surface area contributed by atoms with Crippen molar-refractivity contribution >= 4 is 11.9 Å². The first-order valence-corrected chi connectivity index (χ1v) is 5.22. The first-order valence-electron chi connectivity index (χ1n) is 5.22. The molecular formula is C10H14F3NO3. The fraction of sp³-hybridized carbons (Fsp3) is 0.800. The van der Waals surface area contributed by atoms with E-state index in [4.69, 9.17) is 5.11 Å². The van der Waals surface area contributed by atoms with Gasteiger partial charge in [0.25, 0.3) is 0 Å². The molecule has 1 fully saturated rings. The van der Waals surface area contributed by atoms with E-state index in [1.165, 1.54) is 0 Å². The number of hydrogen-bond donors (Lipinski definition) is 1. The SMILES string of the molecule is CC1(CC(=O)O)CCN(C(=O)C(F)(F)F)CC1. The Labute approximate surface area is 96.4 Å². The molecule has 0 unspecified atom stereocenters. The van der Waals surface area contributed by atoms with Crippen LogP contribution in [0.2, 0.25) is 0 Å². The van der Waals surface area contributed by atoms with Crippen LogP contribution in [0.25, 0.3) is 0 Å². The van der Waals surface area contributed by atoms with Crippen molar-refractivity contribution < 1.29 is 27.9 Å². The second-order valence-electron chi connectivity index (χ2n) is 4.67. The van der Waals surface area contributed by atoms with Gasteiger partial charge < -0.3 is 10.0 Å². The van der Waals surface area contributed by atoms with E-state index in [9.17, 15) is 22.8 Å². The summed E-state index contributed by atoms with van der Waals surface area (Å²) in [7, 11) is 0. The number of carboxylic acid groups (broad SMARTS) is 1. The van der Waals surface area contributed by atoms with Gasteiger partial charge in [0.05, 0.1) is 6.42 Å². The number of aliphatic carboxylic acids is 1. The monoisotopic (exact) mass is 253 g/mol. The van der Waals surface area contributed by atoms with Crippen molar-refractivity contribution in [2.45, 2.75) is 32.4 Å². The fourth-order valence-electron chi connectivity index (χ4n) is 1.97. The largest absolute Gasteiger partial charge is 0.481 e. The normalized spacial score (nSPS) is 20.1. The third kappa shape index (κ3) is 3.61. The zero-order valence-electron chi connectivity index (χ0n) is 9.38. The number of amides is 1.